The minimum Gasteiger partial charge on any atom is -0.393 e. The summed E-state index contributed by atoms with van der Waals surface area (Å²) in [6.07, 6.45) is 2.51. The van der Waals surface area contributed by atoms with Crippen LogP contribution in [0.5, 0.6) is 0 Å². The Morgan fingerprint density at radius 1 is 1.55 bits per heavy atom. The van der Waals surface area contributed by atoms with Gasteiger partial charge in [0, 0.05) is 17.1 Å². The van der Waals surface area contributed by atoms with Crippen LogP contribution in [0.3, 0.4) is 0 Å². The van der Waals surface area contributed by atoms with Crippen molar-refractivity contribution in [2.24, 2.45) is 0 Å². The summed E-state index contributed by atoms with van der Waals surface area (Å²) in [4.78, 5) is 15.6. The number of carbonyl (C=O) groups excluding carboxylic acids is 1. The molecule has 2 heterocycles. The smallest absolute Gasteiger partial charge is 0.186 e. The molecule has 2 aromatic rings. The van der Waals surface area contributed by atoms with Gasteiger partial charge in [0.1, 0.15) is 0 Å². The molecule has 1 aromatic heterocycles. The molecule has 0 unspecified atom stereocenters. The van der Waals surface area contributed by atoms with Gasteiger partial charge in [0.05, 0.1) is 19.3 Å². The van der Waals surface area contributed by atoms with E-state index in [0.29, 0.717) is 13.0 Å². The summed E-state index contributed by atoms with van der Waals surface area (Å²) in [6.45, 7) is 0.0618. The Morgan fingerprint density at radius 2 is 2.30 bits per heavy atom. The summed E-state index contributed by atoms with van der Waals surface area (Å²) in [5.41, 5.74) is 1.17. The number of Topliss-reactive ketones (excluding diaryl/α,β-unsaturated/α-hetero) is 1. The Balaban J connectivity index is 1.83. The first-order valence-electron chi connectivity index (χ1n) is 6.71. The van der Waals surface area contributed by atoms with E-state index in [1.165, 1.54) is 0 Å². The Morgan fingerprint density at radius 3 is 2.95 bits per heavy atom. The zero-order valence-corrected chi connectivity index (χ0v) is 11.3. The SMILES string of the molecule is CN[C@@H](Cc1c[nH]c2ccccc12)C(=O)[C@@]1(CO)CO1. The minimum atomic E-state index is -0.972. The molecule has 1 aromatic carbocycles. The first-order chi connectivity index (χ1) is 9.70. The van der Waals surface area contributed by atoms with Crippen LogP contribution in [0.2, 0.25) is 0 Å². The van der Waals surface area contributed by atoms with Crippen molar-refractivity contribution in [1.82, 2.24) is 10.3 Å². The highest BCUT2D eigenvalue weighted by atomic mass is 16.6. The lowest BCUT2D eigenvalue weighted by molar-refractivity contribution is -0.127. The van der Waals surface area contributed by atoms with Crippen molar-refractivity contribution in [3.05, 3.63) is 36.0 Å². The average Bonchev–Trinajstić information content (AvgIpc) is 3.20. The van der Waals surface area contributed by atoms with E-state index in [-0.39, 0.29) is 18.4 Å². The summed E-state index contributed by atoms with van der Waals surface area (Å²) >= 11 is 0. The van der Waals surface area contributed by atoms with Crippen LogP contribution < -0.4 is 5.32 Å². The lowest BCUT2D eigenvalue weighted by atomic mass is 9.94. The molecule has 2 atom stereocenters. The second-order valence-corrected chi connectivity index (χ2v) is 5.21. The molecule has 3 rings (SSSR count). The highest BCUT2D eigenvalue weighted by molar-refractivity contribution is 5.95. The third-order valence-corrected chi connectivity index (χ3v) is 3.96. The van der Waals surface area contributed by atoms with E-state index in [2.05, 4.69) is 10.3 Å². The monoisotopic (exact) mass is 274 g/mol. The quantitative estimate of drug-likeness (QED) is 0.675. The highest BCUT2D eigenvalue weighted by Crippen LogP contribution is 2.30. The maximum absolute atomic E-state index is 12.4. The van der Waals surface area contributed by atoms with Gasteiger partial charge in [-0.2, -0.15) is 0 Å². The van der Waals surface area contributed by atoms with E-state index in [0.717, 1.165) is 16.5 Å². The van der Waals surface area contributed by atoms with E-state index in [4.69, 9.17) is 4.74 Å². The van der Waals surface area contributed by atoms with Gasteiger partial charge in [0.25, 0.3) is 0 Å². The molecule has 106 valence electrons. The van der Waals surface area contributed by atoms with Gasteiger partial charge in [-0.15, -0.1) is 0 Å². The van der Waals surface area contributed by atoms with E-state index in [9.17, 15) is 9.90 Å². The molecule has 1 fully saturated rings. The summed E-state index contributed by atoms with van der Waals surface area (Å²) in [6, 6.07) is 7.64. The van der Waals surface area contributed by atoms with E-state index >= 15 is 0 Å². The maximum atomic E-state index is 12.4. The van der Waals surface area contributed by atoms with Gasteiger partial charge >= 0.3 is 0 Å². The average molecular weight is 274 g/mol. The number of aromatic nitrogens is 1. The number of ether oxygens (including phenoxy) is 1. The van der Waals surface area contributed by atoms with Crippen LogP contribution in [-0.4, -0.2) is 47.8 Å². The molecular formula is C15H18N2O3. The number of aliphatic hydroxyl groups is 1. The standard InChI is InChI=1S/C15H18N2O3/c1-16-13(14(19)15(8-18)9-20-15)6-10-7-17-12-5-3-2-4-11(10)12/h2-5,7,13,16-18H,6,8-9H2,1H3/t13-,15+/m0/s1. The number of hydrogen-bond acceptors (Lipinski definition) is 4. The second-order valence-electron chi connectivity index (χ2n) is 5.21. The van der Waals surface area contributed by atoms with Crippen LogP contribution in [0.25, 0.3) is 10.9 Å². The summed E-state index contributed by atoms with van der Waals surface area (Å²) in [5, 5.41) is 13.4. The van der Waals surface area contributed by atoms with E-state index in [1.807, 2.05) is 30.5 Å². The molecular weight excluding hydrogens is 256 g/mol. The summed E-state index contributed by atoms with van der Waals surface area (Å²) < 4.78 is 5.15. The van der Waals surface area contributed by atoms with Crippen molar-refractivity contribution >= 4 is 16.7 Å². The molecule has 0 aliphatic carbocycles. The fourth-order valence-corrected chi connectivity index (χ4v) is 2.56. The number of para-hydroxylation sites is 1. The minimum absolute atomic E-state index is 0.0761. The molecule has 0 amide bonds. The number of carbonyl (C=O) groups is 1. The molecule has 5 nitrogen and oxygen atoms in total. The van der Waals surface area contributed by atoms with Crippen LogP contribution in [0.15, 0.2) is 30.5 Å². The zero-order valence-electron chi connectivity index (χ0n) is 11.3. The molecule has 0 spiro atoms. The van der Waals surface area contributed by atoms with Crippen molar-refractivity contribution in [2.75, 3.05) is 20.3 Å². The Labute approximate surface area is 116 Å². The molecule has 0 radical (unpaired) electrons. The van der Waals surface area contributed by atoms with Crippen LogP contribution in [0.4, 0.5) is 0 Å². The van der Waals surface area contributed by atoms with E-state index in [1.54, 1.807) is 7.05 Å². The largest absolute Gasteiger partial charge is 0.393 e. The highest BCUT2D eigenvalue weighted by Gasteiger charge is 2.53. The number of epoxide rings is 1. The van der Waals surface area contributed by atoms with Crippen molar-refractivity contribution < 1.29 is 14.6 Å². The van der Waals surface area contributed by atoms with Gasteiger partial charge < -0.3 is 20.1 Å². The molecule has 20 heavy (non-hydrogen) atoms. The number of likely N-dealkylation sites (N-methyl/N-ethyl adjacent to an activating group) is 1. The third kappa shape index (κ3) is 2.14. The number of rotatable bonds is 6. The number of ketones is 1. The Hall–Kier alpha value is -1.69. The fraction of sp³-hybridized carbons (Fsp3) is 0.400. The van der Waals surface area contributed by atoms with Crippen molar-refractivity contribution in [2.45, 2.75) is 18.1 Å². The van der Waals surface area contributed by atoms with Gasteiger partial charge in [0.15, 0.2) is 11.4 Å². The molecule has 0 bridgehead atoms. The van der Waals surface area contributed by atoms with Gasteiger partial charge in [0.2, 0.25) is 0 Å². The lowest BCUT2D eigenvalue weighted by Gasteiger charge is -2.18. The van der Waals surface area contributed by atoms with Crippen LogP contribution >= 0.6 is 0 Å². The maximum Gasteiger partial charge on any atom is 0.186 e. The first kappa shape index (κ1) is 13.3. The number of aromatic amines is 1. The van der Waals surface area contributed by atoms with Gasteiger partial charge in [-0.05, 0) is 25.1 Å². The molecule has 5 heteroatoms. The molecule has 1 aliphatic heterocycles. The zero-order chi connectivity index (χ0) is 14.2. The van der Waals surface area contributed by atoms with Crippen LogP contribution in [-0.2, 0) is 16.0 Å². The fourth-order valence-electron chi connectivity index (χ4n) is 2.56. The van der Waals surface area contributed by atoms with Crippen molar-refractivity contribution in [1.29, 1.82) is 0 Å². The summed E-state index contributed by atoms with van der Waals surface area (Å²) in [5.74, 6) is -0.0761. The van der Waals surface area contributed by atoms with Gasteiger partial charge in [-0.3, -0.25) is 4.79 Å². The summed E-state index contributed by atoms with van der Waals surface area (Å²) in [7, 11) is 1.75. The van der Waals surface area contributed by atoms with Gasteiger partial charge in [-0.1, -0.05) is 18.2 Å². The molecule has 1 saturated heterocycles. The van der Waals surface area contributed by atoms with Crippen molar-refractivity contribution in [3.8, 4) is 0 Å². The normalized spacial score (nSPS) is 22.9. The Kier molecular flexibility index (Phi) is 3.33. The number of nitrogens with one attached hydrogen (secondary N) is 2. The molecule has 0 saturated carbocycles. The van der Waals surface area contributed by atoms with Crippen molar-refractivity contribution in [3.63, 3.8) is 0 Å². The Bertz CT molecular complexity index is 631. The first-order valence-corrected chi connectivity index (χ1v) is 6.71. The van der Waals surface area contributed by atoms with Gasteiger partial charge in [-0.25, -0.2) is 0 Å². The molecule has 1 aliphatic rings. The number of fused-ring (bicyclic) bond motifs is 1. The lowest BCUT2D eigenvalue weighted by Crippen LogP contribution is -2.45. The number of aliphatic hydroxyl groups excluding tert-OH is 1. The number of H-pyrrole nitrogens is 1. The van der Waals surface area contributed by atoms with Crippen LogP contribution in [0, 0.1) is 0 Å². The second kappa shape index (κ2) is 5.01. The third-order valence-electron chi connectivity index (χ3n) is 3.96. The predicted molar refractivity (Wildman–Crippen MR) is 75.6 cm³/mol. The molecule has 3 N–H and O–H groups in total. The number of hydrogen-bond donors (Lipinski definition) is 3. The predicted octanol–water partition coefficient (Wildman–Crippen LogP) is 0.629. The van der Waals surface area contributed by atoms with E-state index < -0.39 is 5.60 Å². The topological polar surface area (TPSA) is 77.7 Å². The number of benzene rings is 1. The van der Waals surface area contributed by atoms with Crippen LogP contribution in [0.1, 0.15) is 5.56 Å².